The van der Waals surface area contributed by atoms with E-state index in [1.807, 2.05) is 19.1 Å². The molecule has 0 saturated heterocycles. The maximum absolute atomic E-state index is 6.14. The van der Waals surface area contributed by atoms with Crippen LogP contribution in [-0.2, 0) is 11.2 Å². The molecule has 0 bridgehead atoms. The molecule has 110 valence electrons. The van der Waals surface area contributed by atoms with Gasteiger partial charge in [-0.3, -0.25) is 0 Å². The molecule has 2 aromatic rings. The quantitative estimate of drug-likeness (QED) is 0.557. The van der Waals surface area contributed by atoms with Crippen LogP contribution in [0.4, 0.5) is 0 Å². The van der Waals surface area contributed by atoms with E-state index in [0.29, 0.717) is 0 Å². The van der Waals surface area contributed by atoms with Crippen LogP contribution in [0.5, 0.6) is 0 Å². The van der Waals surface area contributed by atoms with E-state index in [4.69, 9.17) is 4.74 Å². The number of ether oxygens (including phenoxy) is 1. The molecule has 0 heterocycles. The van der Waals surface area contributed by atoms with Crippen LogP contribution in [0.2, 0.25) is 0 Å². The zero-order chi connectivity index (χ0) is 14.9. The highest BCUT2D eigenvalue weighted by atomic mass is 16.5. The van der Waals surface area contributed by atoms with Crippen molar-refractivity contribution < 1.29 is 9.31 Å². The van der Waals surface area contributed by atoms with Gasteiger partial charge in [0.1, 0.15) is 19.9 Å². The molecule has 0 aromatic heterocycles. The third-order valence-electron chi connectivity index (χ3n) is 3.64. The van der Waals surface area contributed by atoms with E-state index in [9.17, 15) is 0 Å². The summed E-state index contributed by atoms with van der Waals surface area (Å²) in [6.45, 7) is 3.68. The normalized spacial score (nSPS) is 13.1. The van der Waals surface area contributed by atoms with Gasteiger partial charge in [0.15, 0.2) is 6.54 Å². The van der Waals surface area contributed by atoms with Crippen molar-refractivity contribution in [1.29, 1.82) is 0 Å². The smallest absolute Gasteiger partial charge is 0.165 e. The second-order valence-electron chi connectivity index (χ2n) is 5.20. The second-order valence-corrected chi connectivity index (χ2v) is 5.20. The first kappa shape index (κ1) is 15.5. The summed E-state index contributed by atoms with van der Waals surface area (Å²) < 4.78 is 8.29. The SMILES string of the molecule is C/C=[N+](/C)CCOC(Cc1ccccc1)c1ccccc1. The Balaban J connectivity index is 2.04. The van der Waals surface area contributed by atoms with Gasteiger partial charge in [-0.05, 0) is 11.1 Å². The van der Waals surface area contributed by atoms with Gasteiger partial charge in [0.2, 0.25) is 0 Å². The number of nitrogens with zero attached hydrogens (tertiary/aromatic N) is 1. The van der Waals surface area contributed by atoms with Crippen LogP contribution in [0, 0.1) is 0 Å². The molecule has 2 aromatic carbocycles. The predicted molar refractivity (Wildman–Crippen MR) is 88.1 cm³/mol. The van der Waals surface area contributed by atoms with Crippen molar-refractivity contribution in [2.75, 3.05) is 20.2 Å². The molecule has 2 nitrogen and oxygen atoms in total. The number of benzene rings is 2. The molecular weight excluding hydrogens is 258 g/mol. The van der Waals surface area contributed by atoms with Crippen LogP contribution in [0.15, 0.2) is 60.7 Å². The third kappa shape index (κ3) is 5.16. The minimum atomic E-state index is 0.110. The van der Waals surface area contributed by atoms with E-state index in [-0.39, 0.29) is 6.10 Å². The Hall–Kier alpha value is -1.93. The Labute approximate surface area is 127 Å². The molecular formula is C19H24NO+. The zero-order valence-corrected chi connectivity index (χ0v) is 12.9. The lowest BCUT2D eigenvalue weighted by Crippen LogP contribution is -2.17. The molecule has 1 atom stereocenters. The van der Waals surface area contributed by atoms with Crippen molar-refractivity contribution in [1.82, 2.24) is 0 Å². The summed E-state index contributed by atoms with van der Waals surface area (Å²) in [6.07, 6.45) is 3.08. The van der Waals surface area contributed by atoms with Crippen LogP contribution in [-0.4, -0.2) is 31.0 Å². The molecule has 0 saturated carbocycles. The maximum atomic E-state index is 6.14. The first-order valence-electron chi connectivity index (χ1n) is 7.50. The fraction of sp³-hybridized carbons (Fsp3) is 0.316. The molecule has 2 heteroatoms. The number of likely N-dealkylation sites (N-methyl/N-ethyl adjacent to an activating group) is 1. The molecule has 0 spiro atoms. The lowest BCUT2D eigenvalue weighted by Gasteiger charge is -2.18. The van der Waals surface area contributed by atoms with Crippen LogP contribution in [0.25, 0.3) is 0 Å². The summed E-state index contributed by atoms with van der Waals surface area (Å²) in [5.41, 5.74) is 2.55. The van der Waals surface area contributed by atoms with E-state index in [1.54, 1.807) is 0 Å². The van der Waals surface area contributed by atoms with E-state index < -0.39 is 0 Å². The largest absolute Gasteiger partial charge is 0.367 e. The van der Waals surface area contributed by atoms with E-state index in [0.717, 1.165) is 19.6 Å². The van der Waals surface area contributed by atoms with E-state index in [2.05, 4.69) is 66.4 Å². The van der Waals surface area contributed by atoms with Gasteiger partial charge in [-0.2, -0.15) is 0 Å². The average molecular weight is 282 g/mol. The Morgan fingerprint density at radius 3 is 2.24 bits per heavy atom. The predicted octanol–water partition coefficient (Wildman–Crippen LogP) is 3.72. The van der Waals surface area contributed by atoms with Gasteiger partial charge in [0.05, 0.1) is 6.10 Å². The second kappa shape index (κ2) is 8.38. The molecule has 0 aliphatic heterocycles. The molecule has 0 radical (unpaired) electrons. The topological polar surface area (TPSA) is 12.2 Å². The first-order chi connectivity index (χ1) is 10.3. The Bertz CT molecular complexity index is 548. The minimum Gasteiger partial charge on any atom is -0.367 e. The van der Waals surface area contributed by atoms with Crippen molar-refractivity contribution in [3.05, 3.63) is 71.8 Å². The Morgan fingerprint density at radius 2 is 1.62 bits per heavy atom. The van der Waals surface area contributed by atoms with E-state index in [1.165, 1.54) is 11.1 Å². The summed E-state index contributed by atoms with van der Waals surface area (Å²) in [4.78, 5) is 0. The minimum absolute atomic E-state index is 0.110. The molecule has 1 unspecified atom stereocenters. The van der Waals surface area contributed by atoms with Gasteiger partial charge < -0.3 is 4.74 Å². The highest BCUT2D eigenvalue weighted by Gasteiger charge is 2.13. The third-order valence-corrected chi connectivity index (χ3v) is 3.64. The Kier molecular flexibility index (Phi) is 6.17. The molecule has 0 aliphatic carbocycles. The Morgan fingerprint density at radius 1 is 1.00 bits per heavy atom. The molecule has 0 aliphatic rings. The zero-order valence-electron chi connectivity index (χ0n) is 12.9. The van der Waals surface area contributed by atoms with Crippen molar-refractivity contribution >= 4 is 6.21 Å². The summed E-state index contributed by atoms with van der Waals surface area (Å²) >= 11 is 0. The monoisotopic (exact) mass is 282 g/mol. The maximum Gasteiger partial charge on any atom is 0.165 e. The lowest BCUT2D eigenvalue weighted by atomic mass is 10.0. The first-order valence-corrected chi connectivity index (χ1v) is 7.50. The highest BCUT2D eigenvalue weighted by molar-refractivity contribution is 5.46. The lowest BCUT2D eigenvalue weighted by molar-refractivity contribution is -0.497. The summed E-state index contributed by atoms with van der Waals surface area (Å²) in [6, 6.07) is 21.0. The van der Waals surface area contributed by atoms with Gasteiger partial charge >= 0.3 is 0 Å². The molecule has 0 N–H and O–H groups in total. The van der Waals surface area contributed by atoms with Gasteiger partial charge in [-0.25, -0.2) is 4.58 Å². The van der Waals surface area contributed by atoms with Crippen LogP contribution in [0.3, 0.4) is 0 Å². The van der Waals surface area contributed by atoms with Gasteiger partial charge in [-0.15, -0.1) is 0 Å². The molecule has 21 heavy (non-hydrogen) atoms. The van der Waals surface area contributed by atoms with Crippen molar-refractivity contribution in [3.63, 3.8) is 0 Å². The van der Waals surface area contributed by atoms with Crippen LogP contribution >= 0.6 is 0 Å². The fourth-order valence-electron chi connectivity index (χ4n) is 2.24. The standard InChI is InChI=1S/C19H24NO/c1-3-20(2)14-15-21-19(18-12-8-5-9-13-18)16-17-10-6-4-7-11-17/h3-13,19H,14-16H2,1-2H3/q+1/b20-3-. The number of hydrogen-bond donors (Lipinski definition) is 0. The highest BCUT2D eigenvalue weighted by Crippen LogP contribution is 2.22. The number of rotatable bonds is 7. The molecule has 0 fully saturated rings. The molecule has 2 rings (SSSR count). The van der Waals surface area contributed by atoms with Crippen molar-refractivity contribution in [2.45, 2.75) is 19.4 Å². The summed E-state index contributed by atoms with van der Waals surface area (Å²) in [7, 11) is 2.07. The van der Waals surface area contributed by atoms with Gasteiger partial charge in [0.25, 0.3) is 0 Å². The van der Waals surface area contributed by atoms with Gasteiger partial charge in [-0.1, -0.05) is 60.7 Å². The fourth-order valence-corrected chi connectivity index (χ4v) is 2.24. The van der Waals surface area contributed by atoms with Crippen LogP contribution < -0.4 is 0 Å². The van der Waals surface area contributed by atoms with Crippen molar-refractivity contribution in [2.24, 2.45) is 0 Å². The van der Waals surface area contributed by atoms with Crippen molar-refractivity contribution in [3.8, 4) is 0 Å². The summed E-state index contributed by atoms with van der Waals surface area (Å²) in [5.74, 6) is 0. The van der Waals surface area contributed by atoms with E-state index >= 15 is 0 Å². The van der Waals surface area contributed by atoms with Gasteiger partial charge in [0, 0.05) is 13.3 Å². The summed E-state index contributed by atoms with van der Waals surface area (Å²) in [5, 5.41) is 0. The average Bonchev–Trinajstić information content (AvgIpc) is 2.55. The molecule has 0 amide bonds. The van der Waals surface area contributed by atoms with Crippen LogP contribution in [0.1, 0.15) is 24.2 Å². The number of hydrogen-bond acceptors (Lipinski definition) is 1.